The third-order valence-corrected chi connectivity index (χ3v) is 6.06. The summed E-state index contributed by atoms with van der Waals surface area (Å²) in [6.07, 6.45) is 24.4. The molecule has 1 aliphatic rings. The Kier molecular flexibility index (Phi) is 15.6. The van der Waals surface area contributed by atoms with E-state index in [0.29, 0.717) is 6.17 Å². The fourth-order valence-corrected chi connectivity index (χ4v) is 4.24. The molecule has 0 saturated carbocycles. The first-order valence-electron chi connectivity index (χ1n) is 12.0. The van der Waals surface area contributed by atoms with Crippen molar-refractivity contribution in [1.82, 2.24) is 9.91 Å². The number of unbranched alkanes of at least 4 members (excludes halogenated alkanes) is 14. The first-order chi connectivity index (χ1) is 12.8. The zero-order chi connectivity index (χ0) is 18.9. The molecular weight excluding hydrogens is 318 g/mol. The van der Waals surface area contributed by atoms with Gasteiger partial charge in [0.2, 0.25) is 0 Å². The maximum atomic E-state index is 6.19. The van der Waals surface area contributed by atoms with Crippen LogP contribution in [0.15, 0.2) is 0 Å². The largest absolute Gasteiger partial charge is 0.286 e. The summed E-state index contributed by atoms with van der Waals surface area (Å²) in [7, 11) is 0. The summed E-state index contributed by atoms with van der Waals surface area (Å²) in [4.78, 5) is 2.60. The van der Waals surface area contributed by atoms with Crippen molar-refractivity contribution in [3.63, 3.8) is 0 Å². The molecule has 3 heteroatoms. The van der Waals surface area contributed by atoms with Gasteiger partial charge in [0.1, 0.15) is 0 Å². The summed E-state index contributed by atoms with van der Waals surface area (Å²) in [6, 6.07) is 0. The van der Waals surface area contributed by atoms with Crippen LogP contribution in [0.1, 0.15) is 123 Å². The smallest absolute Gasteiger partial charge is 0.0756 e. The first-order valence-corrected chi connectivity index (χ1v) is 12.0. The van der Waals surface area contributed by atoms with Gasteiger partial charge in [-0.25, -0.2) is 5.01 Å². The average Bonchev–Trinajstić information content (AvgIpc) is 3.00. The van der Waals surface area contributed by atoms with Crippen LogP contribution in [-0.4, -0.2) is 35.7 Å². The Bertz CT molecular complexity index is 295. The second-order valence-electron chi connectivity index (χ2n) is 8.49. The van der Waals surface area contributed by atoms with Gasteiger partial charge in [-0.15, -0.1) is 0 Å². The van der Waals surface area contributed by atoms with E-state index in [1.807, 2.05) is 0 Å². The number of hydrogen-bond acceptors (Lipinski definition) is 3. The highest BCUT2D eigenvalue weighted by atomic mass is 15.5. The summed E-state index contributed by atoms with van der Waals surface area (Å²) in [5.74, 6) is 6.19. The summed E-state index contributed by atoms with van der Waals surface area (Å²) >= 11 is 0. The van der Waals surface area contributed by atoms with Crippen LogP contribution in [0.4, 0.5) is 0 Å². The minimum Gasteiger partial charge on any atom is -0.286 e. The molecule has 0 aromatic rings. The lowest BCUT2D eigenvalue weighted by Gasteiger charge is -2.27. The summed E-state index contributed by atoms with van der Waals surface area (Å²) < 4.78 is 0. The Morgan fingerprint density at radius 3 is 1.58 bits per heavy atom. The highest BCUT2D eigenvalue weighted by molar-refractivity contribution is 4.78. The van der Waals surface area contributed by atoms with Gasteiger partial charge >= 0.3 is 0 Å². The van der Waals surface area contributed by atoms with Gasteiger partial charge in [-0.2, -0.15) is 0 Å². The maximum Gasteiger partial charge on any atom is 0.0756 e. The molecule has 26 heavy (non-hydrogen) atoms. The zero-order valence-corrected chi connectivity index (χ0v) is 18.2. The van der Waals surface area contributed by atoms with E-state index >= 15 is 0 Å². The fourth-order valence-electron chi connectivity index (χ4n) is 4.24. The lowest BCUT2D eigenvalue weighted by molar-refractivity contribution is 0.123. The third-order valence-electron chi connectivity index (χ3n) is 6.06. The minimum absolute atomic E-state index is 0.513. The van der Waals surface area contributed by atoms with E-state index in [1.165, 1.54) is 122 Å². The van der Waals surface area contributed by atoms with Crippen LogP contribution in [0.3, 0.4) is 0 Å². The van der Waals surface area contributed by atoms with E-state index in [2.05, 4.69) is 23.8 Å². The Labute approximate surface area is 165 Å². The summed E-state index contributed by atoms with van der Waals surface area (Å²) in [6.45, 7) is 8.02. The van der Waals surface area contributed by atoms with Gasteiger partial charge in [0, 0.05) is 13.1 Å². The number of nitrogens with zero attached hydrogens (tertiary/aromatic N) is 2. The SMILES string of the molecule is CCCCCCCCCCCCCCCCC1N(N)CCN1CCCC. The molecule has 1 saturated heterocycles. The van der Waals surface area contributed by atoms with Crippen molar-refractivity contribution in [3.8, 4) is 0 Å². The van der Waals surface area contributed by atoms with Crippen molar-refractivity contribution in [2.45, 2.75) is 129 Å². The zero-order valence-electron chi connectivity index (χ0n) is 18.2. The van der Waals surface area contributed by atoms with E-state index in [0.717, 1.165) is 6.54 Å². The van der Waals surface area contributed by atoms with E-state index in [4.69, 9.17) is 5.84 Å². The van der Waals surface area contributed by atoms with Crippen LogP contribution >= 0.6 is 0 Å². The second-order valence-corrected chi connectivity index (χ2v) is 8.49. The molecule has 3 nitrogen and oxygen atoms in total. The summed E-state index contributed by atoms with van der Waals surface area (Å²) in [5, 5.41) is 2.08. The lowest BCUT2D eigenvalue weighted by Crippen LogP contribution is -2.42. The highest BCUT2D eigenvalue weighted by Gasteiger charge is 2.28. The molecular formula is C23H49N3. The molecule has 1 rings (SSSR count). The Morgan fingerprint density at radius 2 is 1.08 bits per heavy atom. The molecule has 2 N–H and O–H groups in total. The van der Waals surface area contributed by atoms with Crippen LogP contribution < -0.4 is 5.84 Å². The molecule has 1 aliphatic heterocycles. The van der Waals surface area contributed by atoms with Gasteiger partial charge in [-0.05, 0) is 19.4 Å². The quantitative estimate of drug-likeness (QED) is 0.222. The van der Waals surface area contributed by atoms with Crippen LogP contribution in [0.25, 0.3) is 0 Å². The molecule has 0 aromatic carbocycles. The number of hydrogen-bond donors (Lipinski definition) is 1. The molecule has 1 fully saturated rings. The van der Waals surface area contributed by atoms with Crippen molar-refractivity contribution in [1.29, 1.82) is 0 Å². The van der Waals surface area contributed by atoms with Gasteiger partial charge < -0.3 is 0 Å². The number of nitrogens with two attached hydrogens (primary N) is 1. The highest BCUT2D eigenvalue weighted by Crippen LogP contribution is 2.19. The topological polar surface area (TPSA) is 32.5 Å². The van der Waals surface area contributed by atoms with E-state index in [1.54, 1.807) is 0 Å². The molecule has 0 bridgehead atoms. The normalized spacial score (nSPS) is 18.8. The predicted molar refractivity (Wildman–Crippen MR) is 116 cm³/mol. The molecule has 0 amide bonds. The van der Waals surface area contributed by atoms with Crippen molar-refractivity contribution >= 4 is 0 Å². The number of hydrazine groups is 1. The number of rotatable bonds is 18. The van der Waals surface area contributed by atoms with Crippen molar-refractivity contribution in [2.75, 3.05) is 19.6 Å². The van der Waals surface area contributed by atoms with E-state index in [-0.39, 0.29) is 0 Å². The Balaban J connectivity index is 1.85. The van der Waals surface area contributed by atoms with Crippen molar-refractivity contribution in [2.24, 2.45) is 5.84 Å². The maximum absolute atomic E-state index is 6.19. The molecule has 0 aromatic heterocycles. The molecule has 1 unspecified atom stereocenters. The van der Waals surface area contributed by atoms with E-state index in [9.17, 15) is 0 Å². The lowest BCUT2D eigenvalue weighted by atomic mass is 10.0. The van der Waals surface area contributed by atoms with Gasteiger partial charge in [-0.3, -0.25) is 10.7 Å². The summed E-state index contributed by atoms with van der Waals surface area (Å²) in [5.41, 5.74) is 0. The van der Waals surface area contributed by atoms with Gasteiger partial charge in [0.05, 0.1) is 6.17 Å². The monoisotopic (exact) mass is 367 g/mol. The Hall–Kier alpha value is -0.120. The minimum atomic E-state index is 0.513. The standard InChI is InChI=1S/C23H49N3/c1-3-5-7-8-9-10-11-12-13-14-15-16-17-18-19-23-25(20-6-4-2)21-22-26(23)24/h23H,3-22,24H2,1-2H3. The molecule has 1 atom stereocenters. The second kappa shape index (κ2) is 17.0. The predicted octanol–water partition coefficient (Wildman–Crippen LogP) is 6.48. The fraction of sp³-hybridized carbons (Fsp3) is 1.00. The van der Waals surface area contributed by atoms with Crippen molar-refractivity contribution < 1.29 is 0 Å². The molecule has 0 aliphatic carbocycles. The molecule has 0 spiro atoms. The van der Waals surface area contributed by atoms with Crippen LogP contribution in [0, 0.1) is 0 Å². The Morgan fingerprint density at radius 1 is 0.615 bits per heavy atom. The van der Waals surface area contributed by atoms with Crippen LogP contribution in [0.2, 0.25) is 0 Å². The van der Waals surface area contributed by atoms with Gasteiger partial charge in [-0.1, -0.05) is 110 Å². The van der Waals surface area contributed by atoms with Gasteiger partial charge in [0.15, 0.2) is 0 Å². The molecule has 0 radical (unpaired) electrons. The van der Waals surface area contributed by atoms with Crippen LogP contribution in [-0.2, 0) is 0 Å². The first kappa shape index (κ1) is 23.9. The van der Waals surface area contributed by atoms with E-state index < -0.39 is 0 Å². The van der Waals surface area contributed by atoms with Crippen molar-refractivity contribution in [3.05, 3.63) is 0 Å². The van der Waals surface area contributed by atoms with Crippen LogP contribution in [0.5, 0.6) is 0 Å². The third kappa shape index (κ3) is 11.6. The molecule has 156 valence electrons. The molecule has 1 heterocycles. The average molecular weight is 368 g/mol. The van der Waals surface area contributed by atoms with Gasteiger partial charge in [0.25, 0.3) is 0 Å².